The van der Waals surface area contributed by atoms with Crippen molar-refractivity contribution in [2.75, 3.05) is 19.5 Å². The number of anilines is 1. The summed E-state index contributed by atoms with van der Waals surface area (Å²) >= 11 is 6.00. The Morgan fingerprint density at radius 1 is 1.03 bits per heavy atom. The van der Waals surface area contributed by atoms with Crippen molar-refractivity contribution in [3.8, 4) is 22.9 Å². The molecule has 2 N–H and O–H groups in total. The van der Waals surface area contributed by atoms with E-state index in [1.54, 1.807) is 38.5 Å². The highest BCUT2D eigenvalue weighted by Crippen LogP contribution is 2.31. The van der Waals surface area contributed by atoms with E-state index >= 15 is 0 Å². The summed E-state index contributed by atoms with van der Waals surface area (Å²) in [7, 11) is 3.13. The Balaban J connectivity index is 0.000000989. The van der Waals surface area contributed by atoms with Crippen LogP contribution in [0.15, 0.2) is 36.4 Å². The van der Waals surface area contributed by atoms with Crippen LogP contribution in [0.3, 0.4) is 0 Å². The molecule has 0 atom stereocenters. The first-order valence-corrected chi connectivity index (χ1v) is 9.81. The van der Waals surface area contributed by atoms with Crippen molar-refractivity contribution in [1.82, 2.24) is 15.2 Å². The summed E-state index contributed by atoms with van der Waals surface area (Å²) in [5, 5.41) is 10.2. The Morgan fingerprint density at radius 2 is 1.72 bits per heavy atom. The molecule has 1 heterocycles. The molecule has 0 spiro atoms. The predicted octanol–water partition coefficient (Wildman–Crippen LogP) is 5.95. The van der Waals surface area contributed by atoms with E-state index < -0.39 is 0 Å². The fraction of sp³-hybridized carbons (Fsp3) is 0.333. The molecule has 8 heteroatoms. The van der Waals surface area contributed by atoms with Crippen LogP contribution in [-0.4, -0.2) is 29.4 Å². The smallest absolute Gasteiger partial charge is 0.242 e. The van der Waals surface area contributed by atoms with Crippen LogP contribution >= 0.6 is 11.6 Å². The zero-order chi connectivity index (χ0) is 21.8. The highest BCUT2D eigenvalue weighted by Gasteiger charge is 2.11. The van der Waals surface area contributed by atoms with Crippen molar-refractivity contribution in [3.05, 3.63) is 52.8 Å². The molecule has 158 valence electrons. The fourth-order valence-corrected chi connectivity index (χ4v) is 2.55. The first-order valence-electron chi connectivity index (χ1n) is 9.44. The molecule has 0 radical (unpaired) electrons. The van der Waals surface area contributed by atoms with E-state index in [4.69, 9.17) is 21.1 Å². The molecular weight excluding hydrogens is 395 g/mol. The number of hydrogen-bond donors (Lipinski definition) is 2. The number of ether oxygens (including phenoxy) is 2. The van der Waals surface area contributed by atoms with Crippen LogP contribution in [0.5, 0.6) is 11.5 Å². The molecule has 3 rings (SSSR count). The predicted molar refractivity (Wildman–Crippen MR) is 116 cm³/mol. The summed E-state index contributed by atoms with van der Waals surface area (Å²) in [6.07, 6.45) is 0. The van der Waals surface area contributed by atoms with Gasteiger partial charge < -0.3 is 14.8 Å². The molecule has 6 nitrogen and oxygen atoms in total. The van der Waals surface area contributed by atoms with Crippen LogP contribution in [0, 0.1) is 5.82 Å². The van der Waals surface area contributed by atoms with Crippen LogP contribution in [0.25, 0.3) is 11.4 Å². The number of hydrogen-bond acceptors (Lipinski definition) is 5. The van der Waals surface area contributed by atoms with Crippen LogP contribution in [0.2, 0.25) is 5.02 Å². The molecular formula is C21H28ClFN4O2. The molecule has 2 aromatic carbocycles. The van der Waals surface area contributed by atoms with E-state index in [1.165, 1.54) is 6.07 Å². The third kappa shape index (κ3) is 6.35. The molecule has 3 aromatic rings. The highest BCUT2D eigenvalue weighted by molar-refractivity contribution is 6.31. The summed E-state index contributed by atoms with van der Waals surface area (Å²) in [5.41, 5.74) is 1.14. The van der Waals surface area contributed by atoms with Crippen molar-refractivity contribution in [2.24, 2.45) is 0 Å². The number of aromatic amines is 1. The van der Waals surface area contributed by atoms with E-state index in [0.717, 1.165) is 5.56 Å². The van der Waals surface area contributed by atoms with Crippen molar-refractivity contribution in [1.29, 1.82) is 0 Å². The molecule has 0 saturated heterocycles. The Morgan fingerprint density at radius 3 is 2.34 bits per heavy atom. The van der Waals surface area contributed by atoms with Crippen molar-refractivity contribution in [3.63, 3.8) is 0 Å². The lowest BCUT2D eigenvalue weighted by atomic mass is 10.2. The van der Waals surface area contributed by atoms with Gasteiger partial charge in [0.15, 0.2) is 17.3 Å². The number of rotatable bonds is 6. The summed E-state index contributed by atoms with van der Waals surface area (Å²) < 4.78 is 24.3. The van der Waals surface area contributed by atoms with Gasteiger partial charge in [-0.3, -0.25) is 5.10 Å². The maximum atomic E-state index is 13.8. The van der Waals surface area contributed by atoms with Gasteiger partial charge in [0, 0.05) is 22.7 Å². The van der Waals surface area contributed by atoms with Crippen LogP contribution < -0.4 is 14.8 Å². The van der Waals surface area contributed by atoms with Gasteiger partial charge in [-0.15, -0.1) is 5.10 Å². The van der Waals surface area contributed by atoms with E-state index in [-0.39, 0.29) is 12.4 Å². The topological polar surface area (TPSA) is 72.1 Å². The van der Waals surface area contributed by atoms with E-state index in [9.17, 15) is 4.39 Å². The van der Waals surface area contributed by atoms with Crippen LogP contribution in [-0.2, 0) is 6.54 Å². The van der Waals surface area contributed by atoms with Crippen molar-refractivity contribution >= 4 is 17.5 Å². The number of H-pyrrole nitrogens is 1. The minimum absolute atomic E-state index is 0.175. The zero-order valence-electron chi connectivity index (χ0n) is 17.6. The average molecular weight is 423 g/mol. The number of methoxy groups -OCH3 is 2. The molecule has 0 aliphatic heterocycles. The number of benzene rings is 2. The van der Waals surface area contributed by atoms with Crippen LogP contribution in [0.4, 0.5) is 10.3 Å². The highest BCUT2D eigenvalue weighted by atomic mass is 35.5. The summed E-state index contributed by atoms with van der Waals surface area (Å²) in [6, 6.07) is 9.95. The summed E-state index contributed by atoms with van der Waals surface area (Å²) in [4.78, 5) is 4.35. The molecule has 0 saturated carbocycles. The van der Waals surface area contributed by atoms with Crippen molar-refractivity contribution in [2.45, 2.75) is 34.2 Å². The molecule has 1 aromatic heterocycles. The molecule has 0 unspecified atom stereocenters. The number of aromatic nitrogens is 3. The van der Waals surface area contributed by atoms with Gasteiger partial charge in [0.05, 0.1) is 14.2 Å². The van der Waals surface area contributed by atoms with Gasteiger partial charge in [-0.05, 0) is 30.3 Å². The zero-order valence-corrected chi connectivity index (χ0v) is 18.4. The lowest BCUT2D eigenvalue weighted by Gasteiger charge is -2.08. The Hall–Kier alpha value is -2.80. The number of halogens is 2. The molecule has 0 fully saturated rings. The summed E-state index contributed by atoms with van der Waals surface area (Å²) in [5.74, 6) is 1.71. The second-order valence-electron chi connectivity index (χ2n) is 5.13. The SMILES string of the molecule is CC.CC.COc1ccc(-c2nc(NCc3c(F)cccc3Cl)n[nH]2)cc1OC. The van der Waals surface area contributed by atoms with E-state index in [1.807, 2.05) is 33.8 Å². The normalized spacial score (nSPS) is 9.52. The maximum Gasteiger partial charge on any atom is 0.242 e. The summed E-state index contributed by atoms with van der Waals surface area (Å²) in [6.45, 7) is 8.18. The Kier molecular flexibility index (Phi) is 10.5. The van der Waals surface area contributed by atoms with Crippen molar-refractivity contribution < 1.29 is 13.9 Å². The first kappa shape index (κ1) is 24.2. The minimum atomic E-state index is -0.379. The quantitative estimate of drug-likeness (QED) is 0.513. The fourth-order valence-electron chi connectivity index (χ4n) is 2.32. The Labute approximate surface area is 176 Å². The van der Waals surface area contributed by atoms with Gasteiger partial charge >= 0.3 is 0 Å². The minimum Gasteiger partial charge on any atom is -0.493 e. The molecule has 0 amide bonds. The molecule has 29 heavy (non-hydrogen) atoms. The van der Waals surface area contributed by atoms with Gasteiger partial charge in [-0.2, -0.15) is 4.98 Å². The largest absolute Gasteiger partial charge is 0.493 e. The molecule has 0 bridgehead atoms. The van der Waals surface area contributed by atoms with Gasteiger partial charge in [-0.25, -0.2) is 4.39 Å². The maximum absolute atomic E-state index is 13.8. The van der Waals surface area contributed by atoms with Crippen LogP contribution in [0.1, 0.15) is 33.3 Å². The number of nitrogens with zero attached hydrogens (tertiary/aromatic N) is 2. The van der Waals surface area contributed by atoms with Gasteiger partial charge in [0.1, 0.15) is 5.82 Å². The lowest BCUT2D eigenvalue weighted by Crippen LogP contribution is -2.03. The van der Waals surface area contributed by atoms with E-state index in [0.29, 0.717) is 33.9 Å². The van der Waals surface area contributed by atoms with Gasteiger partial charge in [0.2, 0.25) is 5.95 Å². The number of nitrogens with one attached hydrogen (secondary N) is 2. The van der Waals surface area contributed by atoms with Gasteiger partial charge in [0.25, 0.3) is 0 Å². The van der Waals surface area contributed by atoms with E-state index in [2.05, 4.69) is 20.5 Å². The van der Waals surface area contributed by atoms with Gasteiger partial charge in [-0.1, -0.05) is 45.4 Å². The lowest BCUT2D eigenvalue weighted by molar-refractivity contribution is 0.355. The molecule has 0 aliphatic carbocycles. The molecule has 0 aliphatic rings. The standard InChI is InChI=1S/C17H16ClFN4O2.2C2H6/c1-24-14-7-6-10(8-15(14)25-2)16-21-17(23-22-16)20-9-11-12(18)4-3-5-13(11)19;2*1-2/h3-8H,9H2,1-2H3,(H2,20,21,22,23);2*1-2H3. The second-order valence-corrected chi connectivity index (χ2v) is 5.54. The monoisotopic (exact) mass is 422 g/mol. The third-order valence-corrected chi connectivity index (χ3v) is 3.98. The third-order valence-electron chi connectivity index (χ3n) is 3.63. The first-order chi connectivity index (χ1) is 14.1. The average Bonchev–Trinajstić information content (AvgIpc) is 3.24. The Bertz CT molecular complexity index is 867. The second kappa shape index (κ2) is 12.6.